The second kappa shape index (κ2) is 9.34. The third kappa shape index (κ3) is 4.44. The molecule has 0 aliphatic rings. The van der Waals surface area contributed by atoms with Gasteiger partial charge >= 0.3 is 0 Å². The largest absolute Gasteiger partial charge is 0.353 e. The summed E-state index contributed by atoms with van der Waals surface area (Å²) >= 11 is 2.49. The van der Waals surface area contributed by atoms with E-state index in [0.717, 1.165) is 18.4 Å². The zero-order valence-electron chi connectivity index (χ0n) is 16.3. The molecule has 0 radical (unpaired) electrons. The van der Waals surface area contributed by atoms with Gasteiger partial charge in [0.25, 0.3) is 5.56 Å². The Balaban J connectivity index is 1.99. The van der Waals surface area contributed by atoms with Gasteiger partial charge in [0.1, 0.15) is 15.9 Å². The number of hydrogen-bond acceptors (Lipinski definition) is 6. The fourth-order valence-corrected chi connectivity index (χ4v) is 4.38. The molecule has 8 heteroatoms. The number of fused-ring (bicyclic) bond motifs is 1. The molecule has 0 saturated heterocycles. The normalized spacial score (nSPS) is 12.2. The summed E-state index contributed by atoms with van der Waals surface area (Å²) in [6.07, 6.45) is 1.69. The quantitative estimate of drug-likeness (QED) is 0.445. The number of carbonyl (C=O) groups is 1. The molecule has 0 aliphatic carbocycles. The highest BCUT2D eigenvalue weighted by molar-refractivity contribution is 7.99. The van der Waals surface area contributed by atoms with Crippen LogP contribution >= 0.6 is 23.3 Å². The smallest absolute Gasteiger partial charge is 0.273 e. The molecule has 1 atom stereocenters. The van der Waals surface area contributed by atoms with E-state index in [-0.39, 0.29) is 23.3 Å². The van der Waals surface area contributed by atoms with E-state index in [2.05, 4.69) is 9.69 Å². The van der Waals surface area contributed by atoms with E-state index in [1.54, 1.807) is 4.57 Å². The topological polar surface area (TPSA) is 76.9 Å². The van der Waals surface area contributed by atoms with Crippen LogP contribution in [0.15, 0.2) is 40.3 Å². The molecule has 1 unspecified atom stereocenters. The molecule has 28 heavy (non-hydrogen) atoms. The number of benzene rings is 1. The van der Waals surface area contributed by atoms with Crippen LogP contribution < -0.4 is 10.9 Å². The Kier molecular flexibility index (Phi) is 6.85. The molecule has 2 aromatic heterocycles. The molecule has 3 aromatic rings. The number of thioether (sulfide) groups is 1. The monoisotopic (exact) mass is 416 g/mol. The van der Waals surface area contributed by atoms with Gasteiger partial charge in [0, 0.05) is 18.2 Å². The maximum Gasteiger partial charge on any atom is 0.273 e. The lowest BCUT2D eigenvalue weighted by atomic mass is 10.1. The molecule has 6 nitrogen and oxygen atoms in total. The second-order valence-electron chi connectivity index (χ2n) is 6.59. The van der Waals surface area contributed by atoms with Gasteiger partial charge in [0.15, 0.2) is 5.16 Å². The Bertz CT molecular complexity index is 1010. The molecule has 0 saturated carbocycles. The molecular weight excluding hydrogens is 392 g/mol. The predicted molar refractivity (Wildman–Crippen MR) is 116 cm³/mol. The Labute approximate surface area is 172 Å². The molecule has 1 aromatic carbocycles. The summed E-state index contributed by atoms with van der Waals surface area (Å²) in [5.41, 5.74) is 2.17. The van der Waals surface area contributed by atoms with Crippen molar-refractivity contribution in [2.24, 2.45) is 0 Å². The van der Waals surface area contributed by atoms with E-state index in [0.29, 0.717) is 27.6 Å². The third-order valence-electron chi connectivity index (χ3n) is 4.39. The molecule has 1 amide bonds. The van der Waals surface area contributed by atoms with Gasteiger partial charge in [-0.1, -0.05) is 55.9 Å². The summed E-state index contributed by atoms with van der Waals surface area (Å²) in [5.74, 6) is 0.174. The Morgan fingerprint density at radius 2 is 2.04 bits per heavy atom. The molecule has 0 fully saturated rings. The van der Waals surface area contributed by atoms with Crippen molar-refractivity contribution in [2.45, 2.75) is 51.4 Å². The number of nitrogens with zero attached hydrogens (tertiary/aromatic N) is 3. The number of carbonyl (C=O) groups excluding carboxylic acids is 1. The fourth-order valence-electron chi connectivity index (χ4n) is 2.76. The summed E-state index contributed by atoms with van der Waals surface area (Å²) in [6, 6.07) is 9.87. The van der Waals surface area contributed by atoms with Gasteiger partial charge in [-0.25, -0.2) is 4.98 Å². The first-order valence-electron chi connectivity index (χ1n) is 9.42. The summed E-state index contributed by atoms with van der Waals surface area (Å²) in [5, 5.41) is 3.52. The molecule has 1 N–H and O–H groups in total. The molecule has 0 bridgehead atoms. The first kappa shape index (κ1) is 20.5. The van der Waals surface area contributed by atoms with Crippen molar-refractivity contribution in [3.63, 3.8) is 0 Å². The SMILES string of the molecule is CCCn1c(SCC(=O)NC(C)CC)nc2c(-c3ccccc3)nsc2c1=O. The van der Waals surface area contributed by atoms with Gasteiger partial charge in [-0.15, -0.1) is 0 Å². The van der Waals surface area contributed by atoms with E-state index >= 15 is 0 Å². The van der Waals surface area contributed by atoms with Gasteiger partial charge < -0.3 is 5.32 Å². The predicted octanol–water partition coefficient (Wildman–Crippen LogP) is 3.94. The van der Waals surface area contributed by atoms with Crippen LogP contribution in [0.3, 0.4) is 0 Å². The lowest BCUT2D eigenvalue weighted by molar-refractivity contribution is -0.119. The number of aromatic nitrogens is 3. The third-order valence-corrected chi connectivity index (χ3v) is 6.19. The van der Waals surface area contributed by atoms with Crippen molar-refractivity contribution in [3.05, 3.63) is 40.7 Å². The summed E-state index contributed by atoms with van der Waals surface area (Å²) in [6.45, 7) is 6.59. The zero-order valence-corrected chi connectivity index (χ0v) is 17.9. The van der Waals surface area contributed by atoms with Crippen molar-refractivity contribution in [3.8, 4) is 11.3 Å². The van der Waals surface area contributed by atoms with Gasteiger partial charge in [0.05, 0.1) is 5.75 Å². The number of hydrogen-bond donors (Lipinski definition) is 1. The fraction of sp³-hybridized carbons (Fsp3) is 0.400. The standard InChI is InChI=1S/C20H24N4O2S2/c1-4-11-24-19(26)18-17(16(23-28-18)14-9-7-6-8-10-14)22-20(24)27-12-15(25)21-13(3)5-2/h6-10,13H,4-5,11-12H2,1-3H3,(H,21,25). The lowest BCUT2D eigenvalue weighted by Gasteiger charge is -2.13. The van der Waals surface area contributed by atoms with Crippen molar-refractivity contribution in [2.75, 3.05) is 5.75 Å². The first-order valence-corrected chi connectivity index (χ1v) is 11.2. The first-order chi connectivity index (χ1) is 13.5. The summed E-state index contributed by atoms with van der Waals surface area (Å²) < 4.78 is 6.71. The molecule has 0 spiro atoms. The van der Waals surface area contributed by atoms with Crippen LogP contribution in [-0.4, -0.2) is 31.6 Å². The van der Waals surface area contributed by atoms with Gasteiger partial charge in [-0.05, 0) is 31.3 Å². The maximum atomic E-state index is 13.0. The Morgan fingerprint density at radius 3 is 2.71 bits per heavy atom. The molecule has 148 valence electrons. The average molecular weight is 417 g/mol. The van der Waals surface area contributed by atoms with Gasteiger partial charge in [0.2, 0.25) is 5.91 Å². The van der Waals surface area contributed by atoms with E-state index in [1.807, 2.05) is 51.1 Å². The van der Waals surface area contributed by atoms with E-state index in [9.17, 15) is 9.59 Å². The van der Waals surface area contributed by atoms with Crippen LogP contribution in [-0.2, 0) is 11.3 Å². The van der Waals surface area contributed by atoms with Crippen LogP contribution in [0.1, 0.15) is 33.6 Å². The van der Waals surface area contributed by atoms with Crippen LogP contribution in [0.5, 0.6) is 0 Å². The molecule has 3 rings (SSSR count). The minimum Gasteiger partial charge on any atom is -0.353 e. The molecule has 2 heterocycles. The molecule has 0 aliphatic heterocycles. The van der Waals surface area contributed by atoms with Crippen LogP contribution in [0.2, 0.25) is 0 Å². The van der Waals surface area contributed by atoms with Gasteiger partial charge in [-0.2, -0.15) is 4.37 Å². The Morgan fingerprint density at radius 1 is 1.29 bits per heavy atom. The Hall–Kier alpha value is -2.19. The van der Waals surface area contributed by atoms with E-state index in [4.69, 9.17) is 4.98 Å². The van der Waals surface area contributed by atoms with E-state index in [1.165, 1.54) is 23.3 Å². The van der Waals surface area contributed by atoms with Crippen molar-refractivity contribution < 1.29 is 4.79 Å². The summed E-state index contributed by atoms with van der Waals surface area (Å²) in [4.78, 5) is 30.0. The van der Waals surface area contributed by atoms with Crippen molar-refractivity contribution in [1.29, 1.82) is 0 Å². The highest BCUT2D eigenvalue weighted by Gasteiger charge is 2.19. The van der Waals surface area contributed by atoms with Crippen LogP contribution in [0.4, 0.5) is 0 Å². The number of amides is 1. The second-order valence-corrected chi connectivity index (χ2v) is 8.31. The van der Waals surface area contributed by atoms with Crippen LogP contribution in [0.25, 0.3) is 21.5 Å². The zero-order chi connectivity index (χ0) is 20.1. The minimum atomic E-state index is -0.0867. The van der Waals surface area contributed by atoms with E-state index < -0.39 is 0 Å². The number of rotatable bonds is 8. The maximum absolute atomic E-state index is 13.0. The minimum absolute atomic E-state index is 0.0523. The van der Waals surface area contributed by atoms with Crippen LogP contribution in [0, 0.1) is 0 Å². The highest BCUT2D eigenvalue weighted by atomic mass is 32.2. The highest BCUT2D eigenvalue weighted by Crippen LogP contribution is 2.29. The van der Waals surface area contributed by atoms with Crippen molar-refractivity contribution in [1.82, 2.24) is 19.2 Å². The van der Waals surface area contributed by atoms with Gasteiger partial charge in [-0.3, -0.25) is 14.2 Å². The molecular formula is C20H24N4O2S2. The van der Waals surface area contributed by atoms with Crippen molar-refractivity contribution >= 4 is 39.4 Å². The number of nitrogens with one attached hydrogen (secondary N) is 1. The summed E-state index contributed by atoms with van der Waals surface area (Å²) in [7, 11) is 0. The average Bonchev–Trinajstić information content (AvgIpc) is 3.13. The lowest BCUT2D eigenvalue weighted by Crippen LogP contribution is -2.33.